The summed E-state index contributed by atoms with van der Waals surface area (Å²) in [6.45, 7) is 3.48. The molecule has 4 heteroatoms. The maximum atomic E-state index is 4.48. The van der Waals surface area contributed by atoms with Crippen molar-refractivity contribution in [3.05, 3.63) is 11.1 Å². The molecule has 0 N–H and O–H groups in total. The number of piperidine rings is 1. The van der Waals surface area contributed by atoms with Crippen molar-refractivity contribution in [3.63, 3.8) is 0 Å². The highest BCUT2D eigenvalue weighted by Gasteiger charge is 2.20. The second-order valence-electron chi connectivity index (χ2n) is 3.78. The van der Waals surface area contributed by atoms with Gasteiger partial charge in [-0.3, -0.25) is 0 Å². The zero-order valence-corrected chi connectivity index (χ0v) is 10.8. The molecule has 1 aromatic rings. The Labute approximate surface area is 97.5 Å². The van der Waals surface area contributed by atoms with Crippen LogP contribution in [0.4, 0.5) is 5.13 Å². The zero-order chi connectivity index (χ0) is 9.97. The van der Waals surface area contributed by atoms with Crippen LogP contribution in [-0.4, -0.2) is 17.6 Å². The quantitative estimate of drug-likeness (QED) is 0.769. The third-order valence-electron chi connectivity index (χ3n) is 2.72. The molecule has 1 saturated heterocycles. The minimum atomic E-state index is 0.665. The molecule has 1 aliphatic heterocycles. The van der Waals surface area contributed by atoms with E-state index in [4.69, 9.17) is 0 Å². The third kappa shape index (κ3) is 2.11. The van der Waals surface area contributed by atoms with Crippen LogP contribution in [0.15, 0.2) is 6.20 Å². The molecule has 0 saturated carbocycles. The van der Waals surface area contributed by atoms with Gasteiger partial charge in [0.2, 0.25) is 0 Å². The molecule has 78 valence electrons. The van der Waals surface area contributed by atoms with Crippen molar-refractivity contribution in [2.45, 2.75) is 37.6 Å². The Morgan fingerprint density at radius 1 is 1.64 bits per heavy atom. The summed E-state index contributed by atoms with van der Waals surface area (Å²) in [4.78, 5) is 8.24. The number of hydrogen-bond acceptors (Lipinski definition) is 3. The number of thiazole rings is 1. The predicted octanol–water partition coefficient (Wildman–Crippen LogP) is 3.42. The topological polar surface area (TPSA) is 16.1 Å². The van der Waals surface area contributed by atoms with Gasteiger partial charge in [-0.15, -0.1) is 11.3 Å². The Hall–Kier alpha value is -0.0900. The van der Waals surface area contributed by atoms with E-state index in [9.17, 15) is 0 Å². The molecular formula is C10H15BrN2S. The van der Waals surface area contributed by atoms with Gasteiger partial charge in [0.15, 0.2) is 5.13 Å². The highest BCUT2D eigenvalue weighted by molar-refractivity contribution is 9.08. The molecule has 1 unspecified atom stereocenters. The maximum absolute atomic E-state index is 4.48. The Balaban J connectivity index is 2.12. The average Bonchev–Trinajstić information content (AvgIpc) is 2.67. The van der Waals surface area contributed by atoms with Crippen molar-refractivity contribution in [2.75, 3.05) is 11.4 Å². The summed E-state index contributed by atoms with van der Waals surface area (Å²) in [5.41, 5.74) is 0. The molecule has 1 atom stereocenters. The van der Waals surface area contributed by atoms with Crippen LogP contribution in [0.25, 0.3) is 0 Å². The number of aromatic nitrogens is 1. The molecule has 1 aliphatic rings. The fourth-order valence-electron chi connectivity index (χ4n) is 1.87. The summed E-state index contributed by atoms with van der Waals surface area (Å²) >= 11 is 5.27. The second kappa shape index (κ2) is 4.62. The Morgan fingerprint density at radius 3 is 3.14 bits per heavy atom. The Morgan fingerprint density at radius 2 is 2.50 bits per heavy atom. The van der Waals surface area contributed by atoms with Gasteiger partial charge in [-0.05, 0) is 26.2 Å². The molecule has 1 aromatic heterocycles. The number of alkyl halides is 1. The van der Waals surface area contributed by atoms with Crippen LogP contribution >= 0.6 is 27.3 Å². The summed E-state index contributed by atoms with van der Waals surface area (Å²) in [7, 11) is 0. The van der Waals surface area contributed by atoms with Crippen molar-refractivity contribution in [2.24, 2.45) is 0 Å². The van der Waals surface area contributed by atoms with Gasteiger partial charge < -0.3 is 4.90 Å². The molecule has 0 aliphatic carbocycles. The van der Waals surface area contributed by atoms with Gasteiger partial charge >= 0.3 is 0 Å². The molecule has 0 bridgehead atoms. The average molecular weight is 275 g/mol. The van der Waals surface area contributed by atoms with E-state index in [1.54, 1.807) is 0 Å². The first kappa shape index (κ1) is 10.4. The second-order valence-corrected chi connectivity index (χ2v) is 5.44. The number of halogens is 1. The van der Waals surface area contributed by atoms with Crippen molar-refractivity contribution >= 4 is 32.4 Å². The van der Waals surface area contributed by atoms with Crippen molar-refractivity contribution < 1.29 is 0 Å². The third-order valence-corrected chi connectivity index (χ3v) is 4.73. The molecule has 0 aromatic carbocycles. The molecule has 0 spiro atoms. The first-order valence-electron chi connectivity index (χ1n) is 5.08. The molecular weight excluding hydrogens is 260 g/mol. The van der Waals surface area contributed by atoms with E-state index >= 15 is 0 Å². The summed E-state index contributed by atoms with van der Waals surface area (Å²) in [5, 5.41) is 2.12. The van der Waals surface area contributed by atoms with Gasteiger partial charge in [-0.1, -0.05) is 15.9 Å². The SMILES string of the molecule is CC1CCCCN1c1ncc(CBr)s1. The van der Waals surface area contributed by atoms with E-state index in [0.29, 0.717) is 6.04 Å². The highest BCUT2D eigenvalue weighted by Crippen LogP contribution is 2.29. The normalized spacial score (nSPS) is 22.7. The molecule has 2 heterocycles. The van der Waals surface area contributed by atoms with E-state index in [0.717, 1.165) is 5.33 Å². The molecule has 2 nitrogen and oxygen atoms in total. The van der Waals surface area contributed by atoms with Crippen LogP contribution < -0.4 is 4.90 Å². The summed E-state index contributed by atoms with van der Waals surface area (Å²) in [6, 6.07) is 0.665. The van der Waals surface area contributed by atoms with E-state index in [-0.39, 0.29) is 0 Å². The first-order chi connectivity index (χ1) is 6.81. The first-order valence-corrected chi connectivity index (χ1v) is 7.02. The Bertz CT molecular complexity index is 300. The summed E-state index contributed by atoms with van der Waals surface area (Å²) < 4.78 is 0. The van der Waals surface area contributed by atoms with Crippen LogP contribution in [0.5, 0.6) is 0 Å². The van der Waals surface area contributed by atoms with Crippen LogP contribution in [-0.2, 0) is 5.33 Å². The predicted molar refractivity (Wildman–Crippen MR) is 65.4 cm³/mol. The van der Waals surface area contributed by atoms with Crippen molar-refractivity contribution in [3.8, 4) is 0 Å². The number of anilines is 1. The Kier molecular flexibility index (Phi) is 3.44. The minimum Gasteiger partial charge on any atom is -0.345 e. The fourth-order valence-corrected chi connectivity index (χ4v) is 3.25. The molecule has 14 heavy (non-hydrogen) atoms. The number of hydrogen-bond donors (Lipinski definition) is 0. The maximum Gasteiger partial charge on any atom is 0.185 e. The van der Waals surface area contributed by atoms with Crippen molar-refractivity contribution in [1.29, 1.82) is 0 Å². The van der Waals surface area contributed by atoms with Crippen LogP contribution in [0.3, 0.4) is 0 Å². The lowest BCUT2D eigenvalue weighted by Crippen LogP contribution is -2.37. The minimum absolute atomic E-state index is 0.665. The molecule has 2 rings (SSSR count). The number of nitrogens with zero attached hydrogens (tertiary/aromatic N) is 2. The smallest absolute Gasteiger partial charge is 0.185 e. The standard InChI is InChI=1S/C10H15BrN2S/c1-8-4-2-3-5-13(8)10-12-7-9(6-11)14-10/h7-8H,2-6H2,1H3. The van der Waals surface area contributed by atoms with Crippen LogP contribution in [0, 0.1) is 0 Å². The lowest BCUT2D eigenvalue weighted by atomic mass is 10.1. The van der Waals surface area contributed by atoms with Gasteiger partial charge in [0.25, 0.3) is 0 Å². The van der Waals surface area contributed by atoms with Gasteiger partial charge in [-0.2, -0.15) is 0 Å². The van der Waals surface area contributed by atoms with Crippen molar-refractivity contribution in [1.82, 2.24) is 4.98 Å². The molecule has 0 radical (unpaired) electrons. The summed E-state index contributed by atoms with van der Waals surface area (Å²) in [6.07, 6.45) is 5.97. The van der Waals surface area contributed by atoms with E-state index in [1.165, 1.54) is 35.8 Å². The molecule has 1 fully saturated rings. The lowest BCUT2D eigenvalue weighted by Gasteiger charge is -2.33. The zero-order valence-electron chi connectivity index (χ0n) is 8.37. The van der Waals surface area contributed by atoms with Crippen LogP contribution in [0.1, 0.15) is 31.1 Å². The largest absolute Gasteiger partial charge is 0.345 e. The van der Waals surface area contributed by atoms with E-state index < -0.39 is 0 Å². The van der Waals surface area contributed by atoms with Gasteiger partial charge in [0.1, 0.15) is 0 Å². The van der Waals surface area contributed by atoms with Gasteiger partial charge in [0.05, 0.1) is 0 Å². The molecule has 0 amide bonds. The van der Waals surface area contributed by atoms with E-state index in [2.05, 4.69) is 32.7 Å². The van der Waals surface area contributed by atoms with Crippen LogP contribution in [0.2, 0.25) is 0 Å². The number of rotatable bonds is 2. The summed E-state index contributed by atoms with van der Waals surface area (Å²) in [5.74, 6) is 0. The van der Waals surface area contributed by atoms with Gasteiger partial charge in [-0.25, -0.2) is 4.98 Å². The lowest BCUT2D eigenvalue weighted by molar-refractivity contribution is 0.484. The van der Waals surface area contributed by atoms with Gasteiger partial charge in [0, 0.05) is 29.0 Å². The highest BCUT2D eigenvalue weighted by atomic mass is 79.9. The monoisotopic (exact) mass is 274 g/mol. The fraction of sp³-hybridized carbons (Fsp3) is 0.700. The van der Waals surface area contributed by atoms with E-state index in [1.807, 2.05) is 17.5 Å².